The van der Waals surface area contributed by atoms with Crippen LogP contribution in [0.15, 0.2) is 0 Å². The number of nitrogens with one attached hydrogen (secondary N) is 1. The quantitative estimate of drug-likeness (QED) is 0.787. The van der Waals surface area contributed by atoms with Crippen molar-refractivity contribution < 1.29 is 14.7 Å². The van der Waals surface area contributed by atoms with Crippen LogP contribution in [-0.4, -0.2) is 22.5 Å². The molecule has 0 aromatic rings. The van der Waals surface area contributed by atoms with E-state index in [2.05, 4.69) is 12.2 Å². The lowest BCUT2D eigenvalue weighted by atomic mass is 9.75. The molecular formula is C13H21NO3. The standard InChI is InChI=1S/C13H21NO3/c1-2-9-5-7-13(8-6-9,12(16)17)14-11(15)10-3-4-10/h9-10H,2-8H2,1H3,(H,14,15)(H,16,17). The lowest BCUT2D eigenvalue weighted by molar-refractivity contribution is -0.150. The maximum Gasteiger partial charge on any atom is 0.329 e. The van der Waals surface area contributed by atoms with Crippen molar-refractivity contribution in [2.24, 2.45) is 11.8 Å². The first-order chi connectivity index (χ1) is 8.07. The zero-order chi connectivity index (χ0) is 12.5. The number of hydrogen-bond donors (Lipinski definition) is 2. The molecule has 4 heteroatoms. The van der Waals surface area contributed by atoms with Gasteiger partial charge in [0.15, 0.2) is 0 Å². The average molecular weight is 239 g/mol. The monoisotopic (exact) mass is 239 g/mol. The Bertz CT molecular complexity index is 315. The molecule has 17 heavy (non-hydrogen) atoms. The third-order valence-corrected chi connectivity index (χ3v) is 4.26. The van der Waals surface area contributed by atoms with Gasteiger partial charge in [0.25, 0.3) is 0 Å². The van der Waals surface area contributed by atoms with Gasteiger partial charge in [0.2, 0.25) is 5.91 Å². The second-order valence-corrected chi connectivity index (χ2v) is 5.50. The van der Waals surface area contributed by atoms with Crippen LogP contribution in [0.4, 0.5) is 0 Å². The molecule has 2 aliphatic carbocycles. The molecular weight excluding hydrogens is 218 g/mol. The van der Waals surface area contributed by atoms with Crippen LogP contribution < -0.4 is 5.32 Å². The van der Waals surface area contributed by atoms with Crippen LogP contribution in [0.5, 0.6) is 0 Å². The van der Waals surface area contributed by atoms with Crippen LogP contribution in [0.1, 0.15) is 51.9 Å². The summed E-state index contributed by atoms with van der Waals surface area (Å²) in [6, 6.07) is 0. The number of carboxylic acids is 1. The first kappa shape index (κ1) is 12.4. The van der Waals surface area contributed by atoms with E-state index in [0.717, 1.165) is 32.1 Å². The van der Waals surface area contributed by atoms with Gasteiger partial charge in [-0.2, -0.15) is 0 Å². The summed E-state index contributed by atoms with van der Waals surface area (Å²) in [6.45, 7) is 2.14. The molecule has 0 aromatic heterocycles. The average Bonchev–Trinajstić information content (AvgIpc) is 3.13. The molecule has 2 rings (SSSR count). The zero-order valence-electron chi connectivity index (χ0n) is 10.4. The van der Waals surface area contributed by atoms with E-state index in [9.17, 15) is 14.7 Å². The second kappa shape index (κ2) is 4.67. The Labute approximate surface area is 102 Å². The highest BCUT2D eigenvalue weighted by Gasteiger charge is 2.45. The third-order valence-electron chi connectivity index (χ3n) is 4.26. The van der Waals surface area contributed by atoms with E-state index in [-0.39, 0.29) is 11.8 Å². The second-order valence-electron chi connectivity index (χ2n) is 5.50. The summed E-state index contributed by atoms with van der Waals surface area (Å²) in [5, 5.41) is 12.2. The topological polar surface area (TPSA) is 66.4 Å². The number of carboxylic acid groups (broad SMARTS) is 1. The molecule has 0 spiro atoms. The highest BCUT2D eigenvalue weighted by Crippen LogP contribution is 2.36. The predicted molar refractivity (Wildman–Crippen MR) is 63.5 cm³/mol. The summed E-state index contributed by atoms with van der Waals surface area (Å²) in [5.74, 6) is -0.209. The van der Waals surface area contributed by atoms with Crippen LogP contribution >= 0.6 is 0 Å². The minimum Gasteiger partial charge on any atom is -0.480 e. The van der Waals surface area contributed by atoms with Crippen LogP contribution in [0.25, 0.3) is 0 Å². The van der Waals surface area contributed by atoms with Crippen LogP contribution in [-0.2, 0) is 9.59 Å². The minimum atomic E-state index is -0.981. The van der Waals surface area contributed by atoms with Crippen molar-refractivity contribution in [2.45, 2.75) is 57.4 Å². The van der Waals surface area contributed by atoms with E-state index < -0.39 is 11.5 Å². The van der Waals surface area contributed by atoms with E-state index in [1.807, 2.05) is 0 Å². The van der Waals surface area contributed by atoms with Crippen molar-refractivity contribution in [3.63, 3.8) is 0 Å². The molecule has 0 saturated heterocycles. The molecule has 0 radical (unpaired) electrons. The highest BCUT2D eigenvalue weighted by molar-refractivity contribution is 5.89. The first-order valence-electron chi connectivity index (χ1n) is 6.63. The molecule has 0 aromatic carbocycles. The van der Waals surface area contributed by atoms with E-state index in [1.165, 1.54) is 0 Å². The van der Waals surface area contributed by atoms with Gasteiger partial charge in [-0.1, -0.05) is 13.3 Å². The number of hydrogen-bond acceptors (Lipinski definition) is 2. The fraction of sp³-hybridized carbons (Fsp3) is 0.846. The Morgan fingerprint density at radius 2 is 1.82 bits per heavy atom. The molecule has 0 heterocycles. The smallest absolute Gasteiger partial charge is 0.329 e. The molecule has 2 N–H and O–H groups in total. The zero-order valence-corrected chi connectivity index (χ0v) is 10.4. The van der Waals surface area contributed by atoms with Gasteiger partial charge in [-0.3, -0.25) is 4.79 Å². The van der Waals surface area contributed by atoms with Gasteiger partial charge in [-0.15, -0.1) is 0 Å². The number of carbonyl (C=O) groups excluding carboxylic acids is 1. The van der Waals surface area contributed by atoms with Gasteiger partial charge in [0.05, 0.1) is 0 Å². The fourth-order valence-electron chi connectivity index (χ4n) is 2.65. The molecule has 0 aliphatic heterocycles. The van der Waals surface area contributed by atoms with E-state index in [1.54, 1.807) is 0 Å². The van der Waals surface area contributed by atoms with Crippen molar-refractivity contribution in [2.75, 3.05) is 0 Å². The van der Waals surface area contributed by atoms with Crippen molar-refractivity contribution in [1.82, 2.24) is 5.32 Å². The van der Waals surface area contributed by atoms with Crippen LogP contribution in [0.2, 0.25) is 0 Å². The lowest BCUT2D eigenvalue weighted by Crippen LogP contribution is -2.56. The predicted octanol–water partition coefficient (Wildman–Crippen LogP) is 1.94. The largest absolute Gasteiger partial charge is 0.480 e. The highest BCUT2D eigenvalue weighted by atomic mass is 16.4. The van der Waals surface area contributed by atoms with Gasteiger partial charge in [-0.05, 0) is 44.4 Å². The van der Waals surface area contributed by atoms with Gasteiger partial charge in [0.1, 0.15) is 5.54 Å². The van der Waals surface area contributed by atoms with Gasteiger partial charge in [-0.25, -0.2) is 4.79 Å². The maximum atomic E-state index is 11.8. The molecule has 2 fully saturated rings. The Morgan fingerprint density at radius 1 is 1.24 bits per heavy atom. The molecule has 2 saturated carbocycles. The SMILES string of the molecule is CCC1CCC(NC(=O)C2CC2)(C(=O)O)CC1. The third kappa shape index (κ3) is 2.61. The Hall–Kier alpha value is -1.06. The molecule has 2 aliphatic rings. The maximum absolute atomic E-state index is 11.8. The van der Waals surface area contributed by atoms with Gasteiger partial charge in [0, 0.05) is 5.92 Å². The number of rotatable bonds is 4. The summed E-state index contributed by atoms with van der Waals surface area (Å²) >= 11 is 0. The van der Waals surface area contributed by atoms with Crippen LogP contribution in [0.3, 0.4) is 0 Å². The van der Waals surface area contributed by atoms with Crippen molar-refractivity contribution in [3.05, 3.63) is 0 Å². The molecule has 0 bridgehead atoms. The van der Waals surface area contributed by atoms with E-state index in [0.29, 0.717) is 18.8 Å². The normalized spacial score (nSPS) is 33.1. The number of carbonyl (C=O) groups is 2. The number of amides is 1. The molecule has 0 atom stereocenters. The Balaban J connectivity index is 2.00. The van der Waals surface area contributed by atoms with Crippen LogP contribution in [0, 0.1) is 11.8 Å². The van der Waals surface area contributed by atoms with E-state index >= 15 is 0 Å². The Morgan fingerprint density at radius 3 is 2.24 bits per heavy atom. The van der Waals surface area contributed by atoms with Gasteiger partial charge >= 0.3 is 5.97 Å². The van der Waals surface area contributed by atoms with Gasteiger partial charge < -0.3 is 10.4 Å². The van der Waals surface area contributed by atoms with Crippen molar-refractivity contribution in [1.29, 1.82) is 0 Å². The lowest BCUT2D eigenvalue weighted by Gasteiger charge is -2.37. The summed E-state index contributed by atoms with van der Waals surface area (Å²) in [4.78, 5) is 23.2. The molecule has 96 valence electrons. The summed E-state index contributed by atoms with van der Waals surface area (Å²) < 4.78 is 0. The summed E-state index contributed by atoms with van der Waals surface area (Å²) in [5.41, 5.74) is -0.981. The molecule has 1 amide bonds. The minimum absolute atomic E-state index is 0.0534. The van der Waals surface area contributed by atoms with Crippen molar-refractivity contribution in [3.8, 4) is 0 Å². The van der Waals surface area contributed by atoms with Crippen molar-refractivity contribution >= 4 is 11.9 Å². The summed E-state index contributed by atoms with van der Waals surface area (Å²) in [6.07, 6.45) is 5.92. The molecule has 4 nitrogen and oxygen atoms in total. The number of aliphatic carboxylic acids is 1. The molecule has 0 unspecified atom stereocenters. The first-order valence-corrected chi connectivity index (χ1v) is 6.63. The summed E-state index contributed by atoms with van der Waals surface area (Å²) in [7, 11) is 0. The van der Waals surface area contributed by atoms with E-state index in [4.69, 9.17) is 0 Å². The fourth-order valence-corrected chi connectivity index (χ4v) is 2.65. The Kier molecular flexibility index (Phi) is 3.40.